The van der Waals surface area contributed by atoms with E-state index in [1.807, 2.05) is 0 Å². The van der Waals surface area contributed by atoms with E-state index in [9.17, 15) is 8.78 Å². The van der Waals surface area contributed by atoms with Gasteiger partial charge < -0.3 is 0 Å². The first kappa shape index (κ1) is 15.6. The maximum Gasteiger partial charge on any atom is 0.159 e. The van der Waals surface area contributed by atoms with Gasteiger partial charge >= 0.3 is 0 Å². The first-order valence-electron chi connectivity index (χ1n) is 6.71. The Bertz CT molecular complexity index is 352. The highest BCUT2D eigenvalue weighted by molar-refractivity contribution is 9.09. The van der Waals surface area contributed by atoms with Crippen molar-refractivity contribution in [2.75, 3.05) is 0 Å². The number of halogens is 3. The van der Waals surface area contributed by atoms with Crippen LogP contribution in [0.1, 0.15) is 51.0 Å². The van der Waals surface area contributed by atoms with Gasteiger partial charge in [-0.2, -0.15) is 0 Å². The third kappa shape index (κ3) is 5.94. The van der Waals surface area contributed by atoms with Crippen molar-refractivity contribution in [2.45, 2.75) is 56.7 Å². The standard InChI is InChI=1S/C15H21BrF2/c1-2-3-4-5-6-7-13(16)10-12-8-9-14(17)15(18)11-12/h8-9,11,13H,2-7,10H2,1H3. The highest BCUT2D eigenvalue weighted by Crippen LogP contribution is 2.18. The van der Waals surface area contributed by atoms with Crippen LogP contribution in [0.5, 0.6) is 0 Å². The van der Waals surface area contributed by atoms with Gasteiger partial charge in [-0.25, -0.2) is 8.78 Å². The van der Waals surface area contributed by atoms with Gasteiger partial charge in [0, 0.05) is 4.83 Å². The number of hydrogen-bond donors (Lipinski definition) is 0. The molecule has 1 atom stereocenters. The molecule has 1 aromatic carbocycles. The summed E-state index contributed by atoms with van der Waals surface area (Å²) in [5.74, 6) is -1.53. The van der Waals surface area contributed by atoms with Crippen LogP contribution in [0.2, 0.25) is 0 Å². The molecule has 0 heterocycles. The second-order valence-corrected chi connectivity index (χ2v) is 6.05. The molecule has 0 saturated heterocycles. The van der Waals surface area contributed by atoms with Crippen molar-refractivity contribution >= 4 is 15.9 Å². The summed E-state index contributed by atoms with van der Waals surface area (Å²) in [5, 5.41) is 0. The van der Waals surface area contributed by atoms with Crippen molar-refractivity contribution in [3.05, 3.63) is 35.4 Å². The Hall–Kier alpha value is -0.440. The van der Waals surface area contributed by atoms with Crippen LogP contribution in [0.3, 0.4) is 0 Å². The largest absolute Gasteiger partial charge is 0.204 e. The summed E-state index contributed by atoms with van der Waals surface area (Å²) in [5.41, 5.74) is 0.851. The highest BCUT2D eigenvalue weighted by Gasteiger charge is 2.08. The Morgan fingerprint density at radius 2 is 1.78 bits per heavy atom. The van der Waals surface area contributed by atoms with E-state index in [-0.39, 0.29) is 0 Å². The lowest BCUT2D eigenvalue weighted by Crippen LogP contribution is -2.03. The Labute approximate surface area is 117 Å². The maximum absolute atomic E-state index is 13.0. The minimum atomic E-state index is -0.774. The molecule has 1 aromatic rings. The molecule has 0 radical (unpaired) electrons. The molecule has 0 saturated carbocycles. The molecule has 0 N–H and O–H groups in total. The van der Waals surface area contributed by atoms with E-state index < -0.39 is 11.6 Å². The van der Waals surface area contributed by atoms with Gasteiger partial charge in [-0.3, -0.25) is 0 Å². The number of benzene rings is 1. The van der Waals surface area contributed by atoms with E-state index in [4.69, 9.17) is 0 Å². The monoisotopic (exact) mass is 318 g/mol. The summed E-state index contributed by atoms with van der Waals surface area (Å²) < 4.78 is 25.8. The van der Waals surface area contributed by atoms with Gasteiger partial charge in [0.1, 0.15) is 0 Å². The fourth-order valence-electron chi connectivity index (χ4n) is 1.99. The van der Waals surface area contributed by atoms with Gasteiger partial charge in [0.25, 0.3) is 0 Å². The fourth-order valence-corrected chi connectivity index (χ4v) is 2.69. The van der Waals surface area contributed by atoms with Crippen LogP contribution in [-0.4, -0.2) is 4.83 Å². The topological polar surface area (TPSA) is 0 Å². The third-order valence-corrected chi connectivity index (χ3v) is 3.84. The molecule has 0 spiro atoms. The Morgan fingerprint density at radius 3 is 2.44 bits per heavy atom. The summed E-state index contributed by atoms with van der Waals surface area (Å²) in [6.07, 6.45) is 8.14. The number of hydrogen-bond acceptors (Lipinski definition) is 0. The number of rotatable bonds is 8. The van der Waals surface area contributed by atoms with Crippen LogP contribution < -0.4 is 0 Å². The lowest BCUT2D eigenvalue weighted by molar-refractivity contribution is 0.506. The minimum Gasteiger partial charge on any atom is -0.204 e. The van der Waals surface area contributed by atoms with E-state index >= 15 is 0 Å². The number of alkyl halides is 1. The summed E-state index contributed by atoms with van der Waals surface area (Å²) in [7, 11) is 0. The highest BCUT2D eigenvalue weighted by atomic mass is 79.9. The smallest absolute Gasteiger partial charge is 0.159 e. The van der Waals surface area contributed by atoms with Crippen LogP contribution in [-0.2, 0) is 6.42 Å². The van der Waals surface area contributed by atoms with Crippen LogP contribution in [0.4, 0.5) is 8.78 Å². The van der Waals surface area contributed by atoms with Crippen molar-refractivity contribution in [3.63, 3.8) is 0 Å². The molecule has 1 unspecified atom stereocenters. The summed E-state index contributed by atoms with van der Waals surface area (Å²) >= 11 is 3.61. The Kier molecular flexibility index (Phi) is 7.48. The average Bonchev–Trinajstić information content (AvgIpc) is 2.34. The van der Waals surface area contributed by atoms with Crippen LogP contribution in [0.25, 0.3) is 0 Å². The third-order valence-electron chi connectivity index (χ3n) is 3.06. The van der Waals surface area contributed by atoms with E-state index in [2.05, 4.69) is 22.9 Å². The van der Waals surface area contributed by atoms with Gasteiger partial charge in [-0.1, -0.05) is 61.0 Å². The quantitative estimate of drug-likeness (QED) is 0.430. The predicted molar refractivity (Wildman–Crippen MR) is 76.2 cm³/mol. The van der Waals surface area contributed by atoms with Crippen molar-refractivity contribution in [3.8, 4) is 0 Å². The van der Waals surface area contributed by atoms with Crippen molar-refractivity contribution < 1.29 is 8.78 Å². The predicted octanol–water partition coefficient (Wildman–Crippen LogP) is 5.63. The Balaban J connectivity index is 2.26. The summed E-state index contributed by atoms with van der Waals surface area (Å²) in [6.45, 7) is 2.20. The molecule has 0 aliphatic heterocycles. The SMILES string of the molecule is CCCCCCCC(Br)Cc1ccc(F)c(F)c1. The molecule has 0 aromatic heterocycles. The molecule has 102 valence electrons. The first-order valence-corrected chi connectivity index (χ1v) is 7.63. The van der Waals surface area contributed by atoms with E-state index in [0.717, 1.165) is 18.4 Å². The van der Waals surface area contributed by atoms with Gasteiger partial charge in [0.2, 0.25) is 0 Å². The van der Waals surface area contributed by atoms with Gasteiger partial charge in [-0.05, 0) is 30.5 Å². The van der Waals surface area contributed by atoms with Gasteiger partial charge in [0.15, 0.2) is 11.6 Å². The molecular formula is C15H21BrF2. The van der Waals surface area contributed by atoms with Gasteiger partial charge in [-0.15, -0.1) is 0 Å². The molecule has 1 rings (SSSR count). The Morgan fingerprint density at radius 1 is 1.06 bits per heavy atom. The molecule has 0 amide bonds. The number of unbranched alkanes of at least 4 members (excludes halogenated alkanes) is 4. The minimum absolute atomic E-state index is 0.351. The normalized spacial score (nSPS) is 12.7. The maximum atomic E-state index is 13.0. The van der Waals surface area contributed by atoms with Crippen molar-refractivity contribution in [1.82, 2.24) is 0 Å². The molecular weight excluding hydrogens is 298 g/mol. The van der Waals surface area contributed by atoms with E-state index in [0.29, 0.717) is 4.83 Å². The average molecular weight is 319 g/mol. The molecule has 3 heteroatoms. The molecule has 0 bridgehead atoms. The summed E-state index contributed by atoms with van der Waals surface area (Å²) in [6, 6.07) is 4.15. The molecule has 0 fully saturated rings. The first-order chi connectivity index (χ1) is 8.63. The molecule has 0 aliphatic rings. The zero-order chi connectivity index (χ0) is 13.4. The lowest BCUT2D eigenvalue weighted by atomic mass is 10.0. The summed E-state index contributed by atoms with van der Waals surface area (Å²) in [4.78, 5) is 0.351. The van der Waals surface area contributed by atoms with Gasteiger partial charge in [0.05, 0.1) is 0 Å². The molecule has 0 nitrogen and oxygen atoms in total. The second-order valence-electron chi connectivity index (χ2n) is 4.75. The van der Waals surface area contributed by atoms with Crippen LogP contribution in [0.15, 0.2) is 18.2 Å². The lowest BCUT2D eigenvalue weighted by Gasteiger charge is -2.10. The van der Waals surface area contributed by atoms with Crippen molar-refractivity contribution in [1.29, 1.82) is 0 Å². The molecule has 0 aliphatic carbocycles. The second kappa shape index (κ2) is 8.63. The molecule has 18 heavy (non-hydrogen) atoms. The fraction of sp³-hybridized carbons (Fsp3) is 0.600. The zero-order valence-corrected chi connectivity index (χ0v) is 12.5. The van der Waals surface area contributed by atoms with E-state index in [1.54, 1.807) is 6.07 Å². The van der Waals surface area contributed by atoms with Crippen LogP contribution >= 0.6 is 15.9 Å². The van der Waals surface area contributed by atoms with E-state index in [1.165, 1.54) is 44.2 Å². The van der Waals surface area contributed by atoms with Crippen LogP contribution in [0, 0.1) is 11.6 Å². The zero-order valence-electron chi connectivity index (χ0n) is 10.9. The van der Waals surface area contributed by atoms with Crippen molar-refractivity contribution in [2.24, 2.45) is 0 Å².